The predicted molar refractivity (Wildman–Crippen MR) is 67.2 cm³/mol. The van der Waals surface area contributed by atoms with Gasteiger partial charge in [0.05, 0.1) is 5.69 Å². The van der Waals surface area contributed by atoms with Gasteiger partial charge < -0.3 is 0 Å². The smallest absolute Gasteiger partial charge is 0.195 e. The molecule has 2 aromatic rings. The molecule has 0 aliphatic carbocycles. The number of likely N-dealkylation sites (tertiary alicyclic amines) is 1. The van der Waals surface area contributed by atoms with Gasteiger partial charge in [0.25, 0.3) is 0 Å². The van der Waals surface area contributed by atoms with Crippen molar-refractivity contribution in [3.63, 3.8) is 0 Å². The maximum atomic E-state index is 6.30. The number of halogens is 1. The summed E-state index contributed by atoms with van der Waals surface area (Å²) >= 11 is 7.93. The monoisotopic (exact) mass is 255 g/mol. The highest BCUT2D eigenvalue weighted by atomic mass is 35.5. The van der Waals surface area contributed by atoms with Crippen molar-refractivity contribution in [2.24, 2.45) is 0 Å². The number of piperidine rings is 1. The first-order valence-electron chi connectivity index (χ1n) is 5.67. The van der Waals surface area contributed by atoms with E-state index in [0.717, 1.165) is 22.4 Å². The number of imidazole rings is 1. The second-order valence-electron chi connectivity index (χ2n) is 4.24. The number of nitrogens with zero attached hydrogens (tertiary/aromatic N) is 3. The molecule has 0 radical (unpaired) electrons. The summed E-state index contributed by atoms with van der Waals surface area (Å²) < 4.78 is 1.96. The van der Waals surface area contributed by atoms with Crippen molar-refractivity contribution in [3.8, 4) is 0 Å². The van der Waals surface area contributed by atoms with Gasteiger partial charge in [-0.1, -0.05) is 18.0 Å². The number of thiazole rings is 1. The molecule has 0 amide bonds. The SMILES string of the molecule is Clc1c(CN2CCCCC2)nc2sccn12. The lowest BCUT2D eigenvalue weighted by Gasteiger charge is -2.25. The molecular weight excluding hydrogens is 242 g/mol. The highest BCUT2D eigenvalue weighted by Gasteiger charge is 2.16. The fraction of sp³-hybridized carbons (Fsp3) is 0.545. The lowest BCUT2D eigenvalue weighted by Crippen LogP contribution is -2.29. The molecule has 0 atom stereocenters. The molecule has 86 valence electrons. The van der Waals surface area contributed by atoms with Gasteiger partial charge in [0, 0.05) is 18.1 Å². The number of rotatable bonds is 2. The van der Waals surface area contributed by atoms with E-state index in [1.165, 1.54) is 32.4 Å². The Bertz CT molecular complexity index is 484. The fourth-order valence-corrected chi connectivity index (χ4v) is 3.25. The quantitative estimate of drug-likeness (QED) is 0.822. The van der Waals surface area contributed by atoms with Gasteiger partial charge in [-0.15, -0.1) is 11.3 Å². The third-order valence-corrected chi connectivity index (χ3v) is 4.25. The van der Waals surface area contributed by atoms with E-state index in [1.54, 1.807) is 11.3 Å². The van der Waals surface area contributed by atoms with Crippen LogP contribution in [0.15, 0.2) is 11.6 Å². The summed E-state index contributed by atoms with van der Waals surface area (Å²) in [5.41, 5.74) is 1.02. The molecule has 3 nitrogen and oxygen atoms in total. The summed E-state index contributed by atoms with van der Waals surface area (Å²) in [6.07, 6.45) is 5.96. The summed E-state index contributed by atoms with van der Waals surface area (Å²) in [5.74, 6) is 0. The maximum Gasteiger partial charge on any atom is 0.195 e. The number of aromatic nitrogens is 2. The maximum absolute atomic E-state index is 6.30. The van der Waals surface area contributed by atoms with Gasteiger partial charge in [-0.25, -0.2) is 4.98 Å². The van der Waals surface area contributed by atoms with E-state index in [4.69, 9.17) is 11.6 Å². The summed E-state index contributed by atoms with van der Waals surface area (Å²) in [6.45, 7) is 3.26. The largest absolute Gasteiger partial charge is 0.297 e. The molecule has 16 heavy (non-hydrogen) atoms. The first-order chi connectivity index (χ1) is 7.84. The Balaban J connectivity index is 1.82. The van der Waals surface area contributed by atoms with Crippen molar-refractivity contribution < 1.29 is 0 Å². The normalized spacial score (nSPS) is 18.3. The van der Waals surface area contributed by atoms with Gasteiger partial charge in [0.1, 0.15) is 5.15 Å². The first-order valence-corrected chi connectivity index (χ1v) is 6.92. The third-order valence-electron chi connectivity index (χ3n) is 3.09. The molecule has 0 spiro atoms. The molecule has 1 saturated heterocycles. The Labute approximate surface area is 104 Å². The Kier molecular flexibility index (Phi) is 2.88. The lowest BCUT2D eigenvalue weighted by molar-refractivity contribution is 0.219. The standard InChI is InChI=1S/C11H14ClN3S/c12-10-9(8-14-4-2-1-3-5-14)13-11-15(10)6-7-16-11/h6-7H,1-5,8H2. The Morgan fingerprint density at radius 2 is 2.12 bits per heavy atom. The minimum Gasteiger partial charge on any atom is -0.297 e. The van der Waals surface area contributed by atoms with Crippen LogP contribution in [0.25, 0.3) is 4.96 Å². The van der Waals surface area contributed by atoms with Crippen LogP contribution in [0.5, 0.6) is 0 Å². The van der Waals surface area contributed by atoms with Gasteiger partial charge in [0.2, 0.25) is 0 Å². The molecule has 0 bridgehead atoms. The highest BCUT2D eigenvalue weighted by Crippen LogP contribution is 2.23. The second-order valence-corrected chi connectivity index (χ2v) is 5.47. The van der Waals surface area contributed by atoms with Crippen LogP contribution >= 0.6 is 22.9 Å². The fourth-order valence-electron chi connectivity index (χ4n) is 2.23. The molecule has 3 rings (SSSR count). The average molecular weight is 256 g/mol. The molecular formula is C11H14ClN3S. The summed E-state index contributed by atoms with van der Waals surface area (Å²) in [4.78, 5) is 8.02. The zero-order valence-corrected chi connectivity index (χ0v) is 10.6. The minimum atomic E-state index is 0.779. The van der Waals surface area contributed by atoms with Crippen LogP contribution in [0, 0.1) is 0 Å². The van der Waals surface area contributed by atoms with Crippen molar-refractivity contribution in [3.05, 3.63) is 22.4 Å². The van der Waals surface area contributed by atoms with E-state index < -0.39 is 0 Å². The molecule has 0 unspecified atom stereocenters. The van der Waals surface area contributed by atoms with Gasteiger partial charge in [-0.2, -0.15) is 0 Å². The van der Waals surface area contributed by atoms with E-state index in [-0.39, 0.29) is 0 Å². The van der Waals surface area contributed by atoms with Crippen LogP contribution in [0.4, 0.5) is 0 Å². The molecule has 5 heteroatoms. The molecule has 0 N–H and O–H groups in total. The summed E-state index contributed by atoms with van der Waals surface area (Å²) in [5, 5.41) is 2.79. The van der Waals surface area contributed by atoms with Gasteiger partial charge in [-0.3, -0.25) is 9.30 Å². The molecule has 0 saturated carbocycles. The number of hydrogen-bond donors (Lipinski definition) is 0. The molecule has 2 aromatic heterocycles. The van der Waals surface area contributed by atoms with Gasteiger partial charge in [-0.05, 0) is 25.9 Å². The lowest BCUT2D eigenvalue weighted by atomic mass is 10.1. The van der Waals surface area contributed by atoms with E-state index in [2.05, 4.69) is 9.88 Å². The van der Waals surface area contributed by atoms with Crippen LogP contribution in [-0.2, 0) is 6.54 Å². The zero-order valence-electron chi connectivity index (χ0n) is 9.03. The molecule has 1 aliphatic rings. The van der Waals surface area contributed by atoms with Crippen LogP contribution in [0.1, 0.15) is 25.0 Å². The average Bonchev–Trinajstić information content (AvgIpc) is 2.86. The predicted octanol–water partition coefficient (Wildman–Crippen LogP) is 3.04. The highest BCUT2D eigenvalue weighted by molar-refractivity contribution is 7.15. The van der Waals surface area contributed by atoms with Crippen molar-refractivity contribution in [2.45, 2.75) is 25.8 Å². The number of fused-ring (bicyclic) bond motifs is 1. The summed E-state index contributed by atoms with van der Waals surface area (Å²) in [7, 11) is 0. The van der Waals surface area contributed by atoms with Crippen LogP contribution < -0.4 is 0 Å². The topological polar surface area (TPSA) is 20.5 Å². The molecule has 1 aliphatic heterocycles. The zero-order chi connectivity index (χ0) is 11.0. The Morgan fingerprint density at radius 3 is 2.88 bits per heavy atom. The first kappa shape index (κ1) is 10.6. The van der Waals surface area contributed by atoms with Crippen molar-refractivity contribution >= 4 is 27.9 Å². The van der Waals surface area contributed by atoms with Crippen LogP contribution in [0.3, 0.4) is 0 Å². The van der Waals surface area contributed by atoms with Gasteiger partial charge in [0.15, 0.2) is 4.96 Å². The van der Waals surface area contributed by atoms with E-state index in [9.17, 15) is 0 Å². The third kappa shape index (κ3) is 1.85. The van der Waals surface area contributed by atoms with Crippen molar-refractivity contribution in [1.29, 1.82) is 0 Å². The van der Waals surface area contributed by atoms with Crippen molar-refractivity contribution in [1.82, 2.24) is 14.3 Å². The van der Waals surface area contributed by atoms with Gasteiger partial charge >= 0.3 is 0 Å². The molecule has 3 heterocycles. The van der Waals surface area contributed by atoms with Crippen LogP contribution in [-0.4, -0.2) is 27.4 Å². The van der Waals surface area contributed by atoms with E-state index in [0.29, 0.717) is 0 Å². The van der Waals surface area contributed by atoms with Crippen molar-refractivity contribution in [2.75, 3.05) is 13.1 Å². The minimum absolute atomic E-state index is 0.779. The van der Waals surface area contributed by atoms with E-state index in [1.807, 2.05) is 16.0 Å². The summed E-state index contributed by atoms with van der Waals surface area (Å²) in [6, 6.07) is 0. The molecule has 0 aromatic carbocycles. The molecule has 1 fully saturated rings. The Hall–Kier alpha value is -0.580. The number of hydrogen-bond acceptors (Lipinski definition) is 3. The van der Waals surface area contributed by atoms with Crippen LogP contribution in [0.2, 0.25) is 5.15 Å². The van der Waals surface area contributed by atoms with E-state index >= 15 is 0 Å². The Morgan fingerprint density at radius 1 is 1.31 bits per heavy atom. The second kappa shape index (κ2) is 4.35.